The standard InChI is InChI=1S/C21H19N5O2/c1-27-20-5-3-15(8-17(20)10-25-14-22-13-24-25)21-23-6-7-26(21)19-4-2-16-11-28-12-18(16)9-19/h2-9,13-14H,10-12H2,1H3. The van der Waals surface area contributed by atoms with E-state index < -0.39 is 0 Å². The van der Waals surface area contributed by atoms with Crippen LogP contribution in [-0.2, 0) is 24.5 Å². The topological polar surface area (TPSA) is 67.0 Å². The summed E-state index contributed by atoms with van der Waals surface area (Å²) in [6.45, 7) is 1.93. The Morgan fingerprint density at radius 2 is 2.04 bits per heavy atom. The maximum absolute atomic E-state index is 5.54. The highest BCUT2D eigenvalue weighted by atomic mass is 16.5. The number of nitrogens with zero attached hydrogens (tertiary/aromatic N) is 5. The monoisotopic (exact) mass is 373 g/mol. The molecule has 5 rings (SSSR count). The third-order valence-corrected chi connectivity index (χ3v) is 4.96. The van der Waals surface area contributed by atoms with E-state index in [4.69, 9.17) is 9.47 Å². The first kappa shape index (κ1) is 16.7. The molecule has 2 aromatic heterocycles. The number of ether oxygens (including phenoxy) is 2. The van der Waals surface area contributed by atoms with Gasteiger partial charge in [0.15, 0.2) is 0 Å². The van der Waals surface area contributed by atoms with Crippen molar-refractivity contribution in [1.82, 2.24) is 24.3 Å². The van der Waals surface area contributed by atoms with Gasteiger partial charge in [-0.25, -0.2) is 14.6 Å². The molecule has 140 valence electrons. The van der Waals surface area contributed by atoms with Gasteiger partial charge in [-0.2, -0.15) is 5.10 Å². The quantitative estimate of drug-likeness (QED) is 0.537. The summed E-state index contributed by atoms with van der Waals surface area (Å²) >= 11 is 0. The van der Waals surface area contributed by atoms with Crippen LogP contribution in [0.15, 0.2) is 61.4 Å². The van der Waals surface area contributed by atoms with Crippen molar-refractivity contribution >= 4 is 0 Å². The van der Waals surface area contributed by atoms with Gasteiger partial charge in [-0.15, -0.1) is 0 Å². The van der Waals surface area contributed by atoms with Gasteiger partial charge in [0, 0.05) is 29.2 Å². The Morgan fingerprint density at radius 1 is 1.11 bits per heavy atom. The van der Waals surface area contributed by atoms with Crippen molar-refractivity contribution in [3.05, 3.63) is 78.1 Å². The molecule has 0 spiro atoms. The zero-order valence-electron chi connectivity index (χ0n) is 15.4. The molecule has 0 amide bonds. The van der Waals surface area contributed by atoms with Crippen LogP contribution in [0.5, 0.6) is 5.75 Å². The zero-order chi connectivity index (χ0) is 18.9. The molecule has 4 aromatic rings. The van der Waals surface area contributed by atoms with Crippen LogP contribution in [0.2, 0.25) is 0 Å². The van der Waals surface area contributed by atoms with Gasteiger partial charge < -0.3 is 9.47 Å². The molecule has 0 bridgehead atoms. The largest absolute Gasteiger partial charge is 0.496 e. The summed E-state index contributed by atoms with van der Waals surface area (Å²) in [7, 11) is 1.67. The van der Waals surface area contributed by atoms with E-state index >= 15 is 0 Å². The molecule has 2 aromatic carbocycles. The van der Waals surface area contributed by atoms with Crippen LogP contribution >= 0.6 is 0 Å². The first-order valence-corrected chi connectivity index (χ1v) is 9.05. The normalized spacial score (nSPS) is 12.9. The number of imidazole rings is 1. The van der Waals surface area contributed by atoms with Gasteiger partial charge in [0.1, 0.15) is 24.2 Å². The molecule has 0 atom stereocenters. The van der Waals surface area contributed by atoms with Gasteiger partial charge in [-0.3, -0.25) is 4.57 Å². The predicted octanol–water partition coefficient (Wildman–Crippen LogP) is 3.22. The molecule has 0 saturated heterocycles. The van der Waals surface area contributed by atoms with Crippen LogP contribution in [-0.4, -0.2) is 31.4 Å². The van der Waals surface area contributed by atoms with Gasteiger partial charge in [-0.1, -0.05) is 6.07 Å². The fourth-order valence-corrected chi connectivity index (χ4v) is 3.56. The summed E-state index contributed by atoms with van der Waals surface area (Å²) in [4.78, 5) is 8.62. The molecule has 0 saturated carbocycles. The van der Waals surface area contributed by atoms with Crippen LogP contribution in [0.4, 0.5) is 0 Å². The van der Waals surface area contributed by atoms with E-state index in [-0.39, 0.29) is 0 Å². The van der Waals surface area contributed by atoms with E-state index in [1.54, 1.807) is 18.1 Å². The second-order valence-electron chi connectivity index (χ2n) is 6.69. The van der Waals surface area contributed by atoms with Crippen molar-refractivity contribution < 1.29 is 9.47 Å². The maximum Gasteiger partial charge on any atom is 0.144 e. The zero-order valence-corrected chi connectivity index (χ0v) is 15.4. The van der Waals surface area contributed by atoms with E-state index in [2.05, 4.69) is 43.9 Å². The van der Waals surface area contributed by atoms with Crippen molar-refractivity contribution in [2.75, 3.05) is 7.11 Å². The van der Waals surface area contributed by atoms with E-state index in [9.17, 15) is 0 Å². The highest BCUT2D eigenvalue weighted by Crippen LogP contribution is 2.29. The average Bonchev–Trinajstić information content (AvgIpc) is 3.48. The number of fused-ring (bicyclic) bond motifs is 1. The van der Waals surface area contributed by atoms with Crippen LogP contribution < -0.4 is 4.74 Å². The van der Waals surface area contributed by atoms with Gasteiger partial charge >= 0.3 is 0 Å². The number of hydrogen-bond donors (Lipinski definition) is 0. The Morgan fingerprint density at radius 3 is 2.89 bits per heavy atom. The summed E-state index contributed by atoms with van der Waals surface area (Å²) in [5.41, 5.74) is 5.59. The molecule has 28 heavy (non-hydrogen) atoms. The summed E-state index contributed by atoms with van der Waals surface area (Å²) in [6.07, 6.45) is 7.02. The van der Waals surface area contributed by atoms with Crippen LogP contribution in [0, 0.1) is 0 Å². The summed E-state index contributed by atoms with van der Waals surface area (Å²) < 4.78 is 14.9. The van der Waals surface area contributed by atoms with E-state index in [0.717, 1.165) is 28.4 Å². The Labute approximate surface area is 162 Å². The molecule has 0 aliphatic carbocycles. The SMILES string of the molecule is COc1ccc(-c2nccn2-c2ccc3c(c2)COC3)cc1Cn1cncn1. The van der Waals surface area contributed by atoms with Crippen LogP contribution in [0.25, 0.3) is 17.1 Å². The van der Waals surface area contributed by atoms with Crippen LogP contribution in [0.3, 0.4) is 0 Å². The Kier molecular flexibility index (Phi) is 4.14. The summed E-state index contributed by atoms with van der Waals surface area (Å²) in [6, 6.07) is 12.5. The molecular weight excluding hydrogens is 354 g/mol. The lowest BCUT2D eigenvalue weighted by molar-refractivity contribution is 0.134. The third-order valence-electron chi connectivity index (χ3n) is 4.96. The molecule has 7 nitrogen and oxygen atoms in total. The Bertz CT molecular complexity index is 1120. The second kappa shape index (κ2) is 6.94. The molecule has 0 fully saturated rings. The van der Waals surface area contributed by atoms with Crippen LogP contribution in [0.1, 0.15) is 16.7 Å². The fourth-order valence-electron chi connectivity index (χ4n) is 3.56. The van der Waals surface area contributed by atoms with Crippen molar-refractivity contribution in [1.29, 1.82) is 0 Å². The molecule has 7 heteroatoms. The van der Waals surface area contributed by atoms with E-state index in [1.165, 1.54) is 17.5 Å². The molecule has 1 aliphatic heterocycles. The lowest BCUT2D eigenvalue weighted by Crippen LogP contribution is -2.03. The lowest BCUT2D eigenvalue weighted by Gasteiger charge is -2.13. The molecule has 0 N–H and O–H groups in total. The number of rotatable bonds is 5. The molecule has 1 aliphatic rings. The maximum atomic E-state index is 5.54. The minimum absolute atomic E-state index is 0.577. The van der Waals surface area contributed by atoms with Gasteiger partial charge in [0.05, 0.1) is 26.9 Å². The minimum Gasteiger partial charge on any atom is -0.496 e. The average molecular weight is 373 g/mol. The number of hydrogen-bond acceptors (Lipinski definition) is 5. The number of aromatic nitrogens is 5. The molecular formula is C21H19N5O2. The lowest BCUT2D eigenvalue weighted by atomic mass is 10.1. The molecule has 0 unspecified atom stereocenters. The summed E-state index contributed by atoms with van der Waals surface area (Å²) in [5.74, 6) is 1.69. The minimum atomic E-state index is 0.577. The predicted molar refractivity (Wildman–Crippen MR) is 103 cm³/mol. The first-order valence-electron chi connectivity index (χ1n) is 9.05. The van der Waals surface area contributed by atoms with E-state index in [1.807, 2.05) is 24.5 Å². The Balaban J connectivity index is 1.55. The Hall–Kier alpha value is -3.45. The summed E-state index contributed by atoms with van der Waals surface area (Å²) in [5, 5.41) is 4.20. The molecule has 3 heterocycles. The molecule has 0 radical (unpaired) electrons. The van der Waals surface area contributed by atoms with E-state index in [0.29, 0.717) is 19.8 Å². The fraction of sp³-hybridized carbons (Fsp3) is 0.190. The smallest absolute Gasteiger partial charge is 0.144 e. The highest BCUT2D eigenvalue weighted by Gasteiger charge is 2.15. The van der Waals surface area contributed by atoms with Crippen molar-refractivity contribution in [3.63, 3.8) is 0 Å². The second-order valence-corrected chi connectivity index (χ2v) is 6.69. The number of methoxy groups -OCH3 is 1. The van der Waals surface area contributed by atoms with Crippen molar-refractivity contribution in [2.45, 2.75) is 19.8 Å². The highest BCUT2D eigenvalue weighted by molar-refractivity contribution is 5.62. The first-order chi connectivity index (χ1) is 13.8. The van der Waals surface area contributed by atoms with Gasteiger partial charge in [0.25, 0.3) is 0 Å². The van der Waals surface area contributed by atoms with Gasteiger partial charge in [0.2, 0.25) is 0 Å². The number of benzene rings is 2. The third kappa shape index (κ3) is 2.95. The van der Waals surface area contributed by atoms with Crippen molar-refractivity contribution in [2.24, 2.45) is 0 Å². The van der Waals surface area contributed by atoms with Crippen molar-refractivity contribution in [3.8, 4) is 22.8 Å². The van der Waals surface area contributed by atoms with Gasteiger partial charge in [-0.05, 0) is 41.5 Å².